The second-order valence-corrected chi connectivity index (χ2v) is 6.27. The average molecular weight is 299 g/mol. The van der Waals surface area contributed by atoms with Gasteiger partial charge in [0.05, 0.1) is 5.69 Å². The van der Waals surface area contributed by atoms with Crippen LogP contribution in [0.4, 0.5) is 0 Å². The predicted octanol–water partition coefficient (Wildman–Crippen LogP) is 4.04. The van der Waals surface area contributed by atoms with Crippen molar-refractivity contribution in [1.29, 1.82) is 0 Å². The highest BCUT2D eigenvalue weighted by Gasteiger charge is 2.08. The van der Waals surface area contributed by atoms with Crippen LogP contribution in [0.15, 0.2) is 47.3 Å². The molecule has 4 nitrogen and oxygen atoms in total. The van der Waals surface area contributed by atoms with Crippen LogP contribution in [0.5, 0.6) is 0 Å². The minimum atomic E-state index is 0.363. The first-order valence-electron chi connectivity index (χ1n) is 7.05. The third kappa shape index (κ3) is 3.61. The molecule has 0 aliphatic heterocycles. The molecular formula is C16H17N3OS. The maximum Gasteiger partial charge on any atom is 0.195 e. The number of hydrogen-bond donors (Lipinski definition) is 0. The van der Waals surface area contributed by atoms with E-state index < -0.39 is 0 Å². The molecule has 0 amide bonds. The fourth-order valence-electron chi connectivity index (χ4n) is 2.12. The summed E-state index contributed by atoms with van der Waals surface area (Å²) in [5, 5.41) is 0.363. The summed E-state index contributed by atoms with van der Waals surface area (Å²) < 4.78 is 5.72. The number of thioether (sulfide) groups is 1. The smallest absolute Gasteiger partial charge is 0.195 e. The van der Waals surface area contributed by atoms with Crippen LogP contribution in [0.3, 0.4) is 0 Å². The SMILES string of the molecule is C[C@@H](SCCCc1nc2ccccc2o1)c1cnccn1. The van der Waals surface area contributed by atoms with Crippen molar-refractivity contribution in [3.8, 4) is 0 Å². The minimum absolute atomic E-state index is 0.363. The van der Waals surface area contributed by atoms with Crippen LogP contribution in [-0.4, -0.2) is 20.7 Å². The first-order chi connectivity index (χ1) is 10.3. The van der Waals surface area contributed by atoms with Crippen LogP contribution >= 0.6 is 11.8 Å². The summed E-state index contributed by atoms with van der Waals surface area (Å²) in [5.41, 5.74) is 2.84. The van der Waals surface area contributed by atoms with Crippen LogP contribution in [-0.2, 0) is 6.42 Å². The zero-order valence-electron chi connectivity index (χ0n) is 11.9. The molecule has 2 aromatic heterocycles. The molecule has 2 heterocycles. The molecule has 0 N–H and O–H groups in total. The molecule has 3 aromatic rings. The predicted molar refractivity (Wildman–Crippen MR) is 85.2 cm³/mol. The molecular weight excluding hydrogens is 282 g/mol. The number of benzene rings is 1. The Morgan fingerprint density at radius 1 is 1.24 bits per heavy atom. The van der Waals surface area contributed by atoms with Crippen molar-refractivity contribution in [3.63, 3.8) is 0 Å². The lowest BCUT2D eigenvalue weighted by atomic mass is 10.3. The van der Waals surface area contributed by atoms with E-state index in [2.05, 4.69) is 21.9 Å². The van der Waals surface area contributed by atoms with Gasteiger partial charge < -0.3 is 4.42 Å². The summed E-state index contributed by atoms with van der Waals surface area (Å²) in [5.74, 6) is 1.88. The summed E-state index contributed by atoms with van der Waals surface area (Å²) in [6.45, 7) is 2.16. The van der Waals surface area contributed by atoms with Gasteiger partial charge >= 0.3 is 0 Å². The second kappa shape index (κ2) is 6.72. The fraction of sp³-hybridized carbons (Fsp3) is 0.312. The molecule has 0 aliphatic rings. The Labute approximate surface area is 128 Å². The number of para-hydroxylation sites is 2. The van der Waals surface area contributed by atoms with E-state index in [9.17, 15) is 0 Å². The van der Waals surface area contributed by atoms with Crippen LogP contribution in [0, 0.1) is 0 Å². The number of rotatable bonds is 6. The second-order valence-electron chi connectivity index (χ2n) is 4.82. The fourth-order valence-corrected chi connectivity index (χ4v) is 3.07. The lowest BCUT2D eigenvalue weighted by Gasteiger charge is -2.09. The summed E-state index contributed by atoms with van der Waals surface area (Å²) in [6.07, 6.45) is 7.19. The number of hydrogen-bond acceptors (Lipinski definition) is 5. The van der Waals surface area contributed by atoms with Crippen LogP contribution in [0.1, 0.15) is 30.2 Å². The van der Waals surface area contributed by atoms with Crippen molar-refractivity contribution in [2.75, 3.05) is 5.75 Å². The molecule has 0 aliphatic carbocycles. The summed E-state index contributed by atoms with van der Waals surface area (Å²) in [6, 6.07) is 7.88. The van der Waals surface area contributed by atoms with Gasteiger partial charge in [-0.2, -0.15) is 11.8 Å². The first kappa shape index (κ1) is 14.1. The van der Waals surface area contributed by atoms with Crippen LogP contribution < -0.4 is 0 Å². The Bertz CT molecular complexity index is 666. The normalized spacial score (nSPS) is 12.6. The summed E-state index contributed by atoms with van der Waals surface area (Å²) in [4.78, 5) is 12.9. The lowest BCUT2D eigenvalue weighted by molar-refractivity contribution is 0.526. The monoisotopic (exact) mass is 299 g/mol. The molecule has 0 unspecified atom stereocenters. The maximum absolute atomic E-state index is 5.72. The number of aromatic nitrogens is 3. The third-order valence-corrected chi connectivity index (χ3v) is 4.51. The zero-order chi connectivity index (χ0) is 14.5. The molecule has 0 bridgehead atoms. The van der Waals surface area contributed by atoms with E-state index in [4.69, 9.17) is 4.42 Å². The zero-order valence-corrected chi connectivity index (χ0v) is 12.7. The third-order valence-electron chi connectivity index (χ3n) is 3.24. The van der Waals surface area contributed by atoms with E-state index in [1.807, 2.05) is 42.2 Å². The molecule has 21 heavy (non-hydrogen) atoms. The van der Waals surface area contributed by atoms with Crippen molar-refractivity contribution in [2.45, 2.75) is 25.0 Å². The molecule has 0 radical (unpaired) electrons. The molecule has 0 saturated carbocycles. The van der Waals surface area contributed by atoms with Gasteiger partial charge in [-0.05, 0) is 31.2 Å². The highest BCUT2D eigenvalue weighted by molar-refractivity contribution is 7.99. The number of fused-ring (bicyclic) bond motifs is 1. The van der Waals surface area contributed by atoms with Gasteiger partial charge in [0.2, 0.25) is 0 Å². The standard InChI is InChI=1S/C16H17N3OS/c1-12(14-11-17-8-9-18-14)21-10-4-7-16-19-13-5-2-3-6-15(13)20-16/h2-3,5-6,8-9,11-12H,4,7,10H2,1H3/t12-/m1/s1. The topological polar surface area (TPSA) is 51.8 Å². The molecule has 1 aromatic carbocycles. The van der Waals surface area contributed by atoms with Gasteiger partial charge in [-0.15, -0.1) is 0 Å². The highest BCUT2D eigenvalue weighted by atomic mass is 32.2. The van der Waals surface area contributed by atoms with Gasteiger partial charge in [0.1, 0.15) is 5.52 Å². The van der Waals surface area contributed by atoms with Crippen molar-refractivity contribution in [3.05, 3.63) is 54.4 Å². The number of nitrogens with zero attached hydrogens (tertiary/aromatic N) is 3. The van der Waals surface area contributed by atoms with Crippen molar-refractivity contribution in [2.24, 2.45) is 0 Å². The highest BCUT2D eigenvalue weighted by Crippen LogP contribution is 2.27. The molecule has 0 spiro atoms. The number of aryl methyl sites for hydroxylation is 1. The van der Waals surface area contributed by atoms with Crippen LogP contribution in [0.25, 0.3) is 11.1 Å². The Kier molecular flexibility index (Phi) is 4.50. The van der Waals surface area contributed by atoms with E-state index in [1.54, 1.807) is 12.4 Å². The Balaban J connectivity index is 1.48. The Morgan fingerprint density at radius 3 is 2.95 bits per heavy atom. The van der Waals surface area contributed by atoms with Gasteiger partial charge in [-0.3, -0.25) is 9.97 Å². The molecule has 108 valence electrons. The maximum atomic E-state index is 5.72. The number of oxazole rings is 1. The molecule has 3 rings (SSSR count). The van der Waals surface area contributed by atoms with Crippen molar-refractivity contribution < 1.29 is 4.42 Å². The summed E-state index contributed by atoms with van der Waals surface area (Å²) >= 11 is 1.88. The summed E-state index contributed by atoms with van der Waals surface area (Å²) in [7, 11) is 0. The van der Waals surface area contributed by atoms with Crippen molar-refractivity contribution in [1.82, 2.24) is 15.0 Å². The van der Waals surface area contributed by atoms with E-state index in [-0.39, 0.29) is 0 Å². The van der Waals surface area contributed by atoms with Gasteiger partial charge in [0.15, 0.2) is 11.5 Å². The minimum Gasteiger partial charge on any atom is -0.441 e. The Morgan fingerprint density at radius 2 is 2.14 bits per heavy atom. The van der Waals surface area contributed by atoms with E-state index >= 15 is 0 Å². The lowest BCUT2D eigenvalue weighted by Crippen LogP contribution is -1.95. The quantitative estimate of drug-likeness (QED) is 0.643. The Hall–Kier alpha value is -1.88. The largest absolute Gasteiger partial charge is 0.441 e. The molecule has 5 heteroatoms. The van der Waals surface area contributed by atoms with Crippen LogP contribution in [0.2, 0.25) is 0 Å². The van der Waals surface area contributed by atoms with Gasteiger partial charge in [-0.1, -0.05) is 12.1 Å². The average Bonchev–Trinajstić information content (AvgIpc) is 2.95. The molecule has 0 saturated heterocycles. The first-order valence-corrected chi connectivity index (χ1v) is 8.10. The molecule has 0 fully saturated rings. The van der Waals surface area contributed by atoms with Gasteiger partial charge in [0, 0.05) is 30.3 Å². The van der Waals surface area contributed by atoms with Gasteiger partial charge in [-0.25, -0.2) is 4.98 Å². The van der Waals surface area contributed by atoms with E-state index in [1.165, 1.54) is 0 Å². The molecule has 1 atom stereocenters. The van der Waals surface area contributed by atoms with Gasteiger partial charge in [0.25, 0.3) is 0 Å². The van der Waals surface area contributed by atoms with E-state index in [0.717, 1.165) is 41.3 Å². The van der Waals surface area contributed by atoms with E-state index in [0.29, 0.717) is 5.25 Å². The van der Waals surface area contributed by atoms with Crippen molar-refractivity contribution >= 4 is 22.9 Å².